The molecule has 0 atom stereocenters. The van der Waals surface area contributed by atoms with Gasteiger partial charge < -0.3 is 0 Å². The number of hydrogen-bond acceptors (Lipinski definition) is 0. The first-order chi connectivity index (χ1) is 10.3. The molecule has 0 aliphatic carbocycles. The van der Waals surface area contributed by atoms with Gasteiger partial charge in [-0.05, 0) is 42.7 Å². The van der Waals surface area contributed by atoms with Crippen LogP contribution in [-0.4, -0.2) is 0 Å². The zero-order chi connectivity index (χ0) is 14.7. The number of rotatable bonds is 3. The summed E-state index contributed by atoms with van der Waals surface area (Å²) in [5.41, 5.74) is 6.41. The Morgan fingerprint density at radius 1 is 0.810 bits per heavy atom. The van der Waals surface area contributed by atoms with E-state index >= 15 is 0 Å². The molecular formula is C20H20N+. The normalized spacial score (nSPS) is 10.6. The first kappa shape index (κ1) is 13.6. The maximum atomic E-state index is 2.30. The van der Waals surface area contributed by atoms with Gasteiger partial charge >= 0.3 is 0 Å². The molecule has 104 valence electrons. The third-order valence-corrected chi connectivity index (χ3v) is 3.90. The molecule has 0 spiro atoms. The molecule has 0 N–H and O–H groups in total. The summed E-state index contributed by atoms with van der Waals surface area (Å²) < 4.78 is 2.29. The van der Waals surface area contributed by atoms with E-state index in [1.54, 1.807) is 0 Å². The lowest BCUT2D eigenvalue weighted by atomic mass is 9.97. The molecule has 3 rings (SSSR count). The third-order valence-electron chi connectivity index (χ3n) is 3.90. The SMILES string of the molecule is CC[n+]1ccccc1-c1cc(-c2ccccc2)ccc1C. The van der Waals surface area contributed by atoms with Crippen LogP contribution in [0.1, 0.15) is 12.5 Å². The van der Waals surface area contributed by atoms with Gasteiger partial charge in [-0.3, -0.25) is 0 Å². The van der Waals surface area contributed by atoms with Crippen molar-refractivity contribution in [2.24, 2.45) is 0 Å². The predicted molar refractivity (Wildman–Crippen MR) is 87.9 cm³/mol. The molecule has 21 heavy (non-hydrogen) atoms. The molecule has 0 aliphatic heterocycles. The molecular weight excluding hydrogens is 254 g/mol. The van der Waals surface area contributed by atoms with Crippen LogP contribution in [0.2, 0.25) is 0 Å². The lowest BCUT2D eigenvalue weighted by Crippen LogP contribution is -2.34. The maximum Gasteiger partial charge on any atom is 0.212 e. The van der Waals surface area contributed by atoms with Gasteiger partial charge in [0.15, 0.2) is 6.20 Å². The van der Waals surface area contributed by atoms with E-state index in [0.717, 1.165) is 6.54 Å². The van der Waals surface area contributed by atoms with Gasteiger partial charge in [0.2, 0.25) is 5.69 Å². The minimum absolute atomic E-state index is 0.977. The monoisotopic (exact) mass is 274 g/mol. The van der Waals surface area contributed by atoms with Crippen LogP contribution in [0.4, 0.5) is 0 Å². The molecule has 2 aromatic carbocycles. The van der Waals surface area contributed by atoms with Gasteiger partial charge in [0.25, 0.3) is 0 Å². The van der Waals surface area contributed by atoms with Crippen LogP contribution in [0.15, 0.2) is 72.9 Å². The Bertz CT molecular complexity index is 745. The van der Waals surface area contributed by atoms with Crippen molar-refractivity contribution >= 4 is 0 Å². The van der Waals surface area contributed by atoms with E-state index in [9.17, 15) is 0 Å². The lowest BCUT2D eigenvalue weighted by molar-refractivity contribution is -0.682. The number of aromatic nitrogens is 1. The fourth-order valence-electron chi connectivity index (χ4n) is 2.70. The quantitative estimate of drug-likeness (QED) is 0.613. The minimum Gasteiger partial charge on any atom is -0.199 e. The van der Waals surface area contributed by atoms with Gasteiger partial charge in [-0.15, -0.1) is 0 Å². The standard InChI is InChI=1S/C20H20N/c1-3-21-14-8-7-11-20(21)19-15-18(13-12-16(19)2)17-9-5-4-6-10-17/h4-15H,3H2,1-2H3/q+1. The van der Waals surface area contributed by atoms with Crippen molar-refractivity contribution in [1.29, 1.82) is 0 Å². The number of hydrogen-bond donors (Lipinski definition) is 0. The van der Waals surface area contributed by atoms with E-state index in [2.05, 4.69) is 91.3 Å². The highest BCUT2D eigenvalue weighted by Gasteiger charge is 2.13. The number of pyridine rings is 1. The van der Waals surface area contributed by atoms with E-state index < -0.39 is 0 Å². The summed E-state index contributed by atoms with van der Waals surface area (Å²) >= 11 is 0. The van der Waals surface area contributed by atoms with Crippen LogP contribution in [0.5, 0.6) is 0 Å². The first-order valence-electron chi connectivity index (χ1n) is 7.44. The highest BCUT2D eigenvalue weighted by molar-refractivity contribution is 5.72. The minimum atomic E-state index is 0.977. The highest BCUT2D eigenvalue weighted by Crippen LogP contribution is 2.27. The van der Waals surface area contributed by atoms with E-state index in [0.29, 0.717) is 0 Å². The summed E-state index contributed by atoms with van der Waals surface area (Å²) in [6, 6.07) is 23.7. The molecule has 1 aromatic heterocycles. The number of nitrogens with zero attached hydrogens (tertiary/aromatic N) is 1. The molecule has 1 heterocycles. The van der Waals surface area contributed by atoms with Crippen LogP contribution in [0.3, 0.4) is 0 Å². The van der Waals surface area contributed by atoms with Crippen molar-refractivity contribution < 1.29 is 4.57 Å². The highest BCUT2D eigenvalue weighted by atomic mass is 14.9. The van der Waals surface area contributed by atoms with E-state index in [-0.39, 0.29) is 0 Å². The fraction of sp³-hybridized carbons (Fsp3) is 0.150. The molecule has 0 amide bonds. The Morgan fingerprint density at radius 2 is 1.57 bits per heavy atom. The van der Waals surface area contributed by atoms with Gasteiger partial charge in [0, 0.05) is 17.7 Å². The zero-order valence-electron chi connectivity index (χ0n) is 12.6. The van der Waals surface area contributed by atoms with E-state index in [1.165, 1.54) is 27.9 Å². The van der Waals surface area contributed by atoms with Gasteiger partial charge in [-0.1, -0.05) is 42.5 Å². The first-order valence-corrected chi connectivity index (χ1v) is 7.44. The van der Waals surface area contributed by atoms with Gasteiger partial charge in [0.1, 0.15) is 6.54 Å². The molecule has 0 radical (unpaired) electrons. The van der Waals surface area contributed by atoms with Crippen LogP contribution in [0.25, 0.3) is 22.4 Å². The number of benzene rings is 2. The third kappa shape index (κ3) is 2.73. The average Bonchev–Trinajstić information content (AvgIpc) is 2.56. The summed E-state index contributed by atoms with van der Waals surface area (Å²) in [6.07, 6.45) is 2.14. The topological polar surface area (TPSA) is 3.88 Å². The van der Waals surface area contributed by atoms with Crippen molar-refractivity contribution in [1.82, 2.24) is 0 Å². The van der Waals surface area contributed by atoms with Gasteiger partial charge in [-0.25, -0.2) is 0 Å². The molecule has 1 heteroatoms. The smallest absolute Gasteiger partial charge is 0.199 e. The molecule has 0 aliphatic rings. The second-order valence-corrected chi connectivity index (χ2v) is 5.27. The molecule has 0 saturated heterocycles. The molecule has 0 unspecified atom stereocenters. The second kappa shape index (κ2) is 5.92. The Labute approximate surface area is 126 Å². The van der Waals surface area contributed by atoms with Crippen LogP contribution in [0, 0.1) is 6.92 Å². The van der Waals surface area contributed by atoms with Crippen molar-refractivity contribution in [3.8, 4) is 22.4 Å². The van der Waals surface area contributed by atoms with Crippen molar-refractivity contribution in [3.05, 3.63) is 78.5 Å². The summed E-state index contributed by atoms with van der Waals surface area (Å²) in [7, 11) is 0. The Kier molecular flexibility index (Phi) is 3.83. The summed E-state index contributed by atoms with van der Waals surface area (Å²) in [5.74, 6) is 0. The summed E-state index contributed by atoms with van der Waals surface area (Å²) in [4.78, 5) is 0. The van der Waals surface area contributed by atoms with Crippen LogP contribution >= 0.6 is 0 Å². The van der Waals surface area contributed by atoms with Crippen molar-refractivity contribution in [2.75, 3.05) is 0 Å². The Morgan fingerprint density at radius 3 is 2.33 bits per heavy atom. The molecule has 3 aromatic rings. The summed E-state index contributed by atoms with van der Waals surface area (Å²) in [5, 5.41) is 0. The Balaban J connectivity index is 2.15. The van der Waals surface area contributed by atoms with Gasteiger partial charge in [0.05, 0.1) is 0 Å². The zero-order valence-corrected chi connectivity index (χ0v) is 12.6. The lowest BCUT2D eigenvalue weighted by Gasteiger charge is -2.09. The average molecular weight is 274 g/mol. The Hall–Kier alpha value is -2.41. The summed E-state index contributed by atoms with van der Waals surface area (Å²) in [6.45, 7) is 5.34. The predicted octanol–water partition coefficient (Wildman–Crippen LogP) is 4.64. The van der Waals surface area contributed by atoms with Crippen LogP contribution in [-0.2, 0) is 6.54 Å². The maximum absolute atomic E-state index is 2.30. The molecule has 0 bridgehead atoms. The largest absolute Gasteiger partial charge is 0.212 e. The van der Waals surface area contributed by atoms with E-state index in [4.69, 9.17) is 0 Å². The molecule has 1 nitrogen and oxygen atoms in total. The van der Waals surface area contributed by atoms with Crippen molar-refractivity contribution in [2.45, 2.75) is 20.4 Å². The van der Waals surface area contributed by atoms with Gasteiger partial charge in [-0.2, -0.15) is 4.57 Å². The molecule has 0 saturated carbocycles. The molecule has 0 fully saturated rings. The van der Waals surface area contributed by atoms with Crippen molar-refractivity contribution in [3.63, 3.8) is 0 Å². The fourth-order valence-corrected chi connectivity index (χ4v) is 2.70. The number of aryl methyl sites for hydroxylation is 2. The van der Waals surface area contributed by atoms with Crippen LogP contribution < -0.4 is 4.57 Å². The second-order valence-electron chi connectivity index (χ2n) is 5.27. The van der Waals surface area contributed by atoms with E-state index in [1.807, 2.05) is 0 Å².